The molecule has 2 aromatic heterocycles. The first kappa shape index (κ1) is 17.1. The fourth-order valence-corrected chi connectivity index (χ4v) is 3.30. The van der Waals surface area contributed by atoms with Crippen molar-refractivity contribution in [3.8, 4) is 0 Å². The standard InChI is InChI=1S/C15H17N5O4S/c1-10-12(25-15(16-10)19-6-8-24-9-7-19)14(22)18-17-13(21)11-2-4-20(23)5-3-11/h2-5H,6-9H2,1H3,(H,17,21)(H,18,22). The average molecular weight is 363 g/mol. The van der Waals surface area contributed by atoms with Crippen molar-refractivity contribution in [2.45, 2.75) is 6.92 Å². The molecule has 0 radical (unpaired) electrons. The summed E-state index contributed by atoms with van der Waals surface area (Å²) in [6.45, 7) is 4.49. The van der Waals surface area contributed by atoms with E-state index in [-0.39, 0.29) is 5.56 Å². The molecule has 1 aliphatic rings. The van der Waals surface area contributed by atoms with Crippen LogP contribution in [0, 0.1) is 12.1 Å². The van der Waals surface area contributed by atoms with Crippen molar-refractivity contribution in [1.82, 2.24) is 15.8 Å². The quantitative estimate of drug-likeness (QED) is 0.451. The highest BCUT2D eigenvalue weighted by Crippen LogP contribution is 2.26. The van der Waals surface area contributed by atoms with Crippen molar-refractivity contribution in [3.05, 3.63) is 45.9 Å². The van der Waals surface area contributed by atoms with E-state index < -0.39 is 11.8 Å². The van der Waals surface area contributed by atoms with Gasteiger partial charge in [0.15, 0.2) is 17.5 Å². The summed E-state index contributed by atoms with van der Waals surface area (Å²) in [6.07, 6.45) is 2.41. The van der Waals surface area contributed by atoms with Crippen molar-refractivity contribution in [3.63, 3.8) is 0 Å². The number of aryl methyl sites for hydroxylation is 1. The third-order valence-electron chi connectivity index (χ3n) is 3.63. The zero-order valence-corrected chi connectivity index (χ0v) is 14.3. The van der Waals surface area contributed by atoms with Crippen molar-refractivity contribution in [2.75, 3.05) is 31.2 Å². The fraction of sp³-hybridized carbons (Fsp3) is 0.333. The van der Waals surface area contributed by atoms with Crippen LogP contribution >= 0.6 is 11.3 Å². The second-order valence-corrected chi connectivity index (χ2v) is 6.34. The molecule has 2 aromatic rings. The summed E-state index contributed by atoms with van der Waals surface area (Å²) >= 11 is 1.27. The fourth-order valence-electron chi connectivity index (χ4n) is 2.29. The Kier molecular flexibility index (Phi) is 5.10. The minimum atomic E-state index is -0.510. The minimum Gasteiger partial charge on any atom is -0.619 e. The van der Waals surface area contributed by atoms with E-state index in [1.807, 2.05) is 0 Å². The molecule has 3 rings (SSSR count). The third-order valence-corrected chi connectivity index (χ3v) is 4.84. The second kappa shape index (κ2) is 7.45. The molecule has 25 heavy (non-hydrogen) atoms. The van der Waals surface area contributed by atoms with Crippen LogP contribution in [-0.4, -0.2) is 43.1 Å². The SMILES string of the molecule is Cc1nc(N2CCOCC2)sc1C(=O)NNC(=O)c1cc[n+]([O-])cc1. The summed E-state index contributed by atoms with van der Waals surface area (Å²) in [7, 11) is 0. The molecule has 10 heteroatoms. The van der Waals surface area contributed by atoms with Gasteiger partial charge in [-0.15, -0.1) is 0 Å². The second-order valence-electron chi connectivity index (χ2n) is 5.37. The Morgan fingerprint density at radius 3 is 2.56 bits per heavy atom. The number of aromatic nitrogens is 2. The molecule has 1 fully saturated rings. The van der Waals surface area contributed by atoms with E-state index in [0.29, 0.717) is 28.5 Å². The average Bonchev–Trinajstić information content (AvgIpc) is 3.02. The first-order valence-corrected chi connectivity index (χ1v) is 8.46. The number of amides is 2. The van der Waals surface area contributed by atoms with Gasteiger partial charge >= 0.3 is 0 Å². The summed E-state index contributed by atoms with van der Waals surface area (Å²) in [5.41, 5.74) is 5.57. The maximum Gasteiger partial charge on any atom is 0.281 e. The van der Waals surface area contributed by atoms with E-state index in [9.17, 15) is 14.8 Å². The van der Waals surface area contributed by atoms with E-state index in [0.717, 1.165) is 18.2 Å². The lowest BCUT2D eigenvalue weighted by Gasteiger charge is -2.25. The van der Waals surface area contributed by atoms with E-state index in [4.69, 9.17) is 4.74 Å². The number of carbonyl (C=O) groups is 2. The summed E-state index contributed by atoms with van der Waals surface area (Å²) in [6, 6.07) is 2.73. The van der Waals surface area contributed by atoms with Crippen LogP contribution in [0.1, 0.15) is 25.7 Å². The van der Waals surface area contributed by atoms with Crippen LogP contribution < -0.4 is 20.5 Å². The Bertz CT molecular complexity index is 771. The minimum absolute atomic E-state index is 0.266. The van der Waals surface area contributed by atoms with Gasteiger partial charge in [-0.1, -0.05) is 11.3 Å². The highest BCUT2D eigenvalue weighted by molar-refractivity contribution is 7.17. The molecule has 0 bridgehead atoms. The van der Waals surface area contributed by atoms with Crippen LogP contribution in [0.25, 0.3) is 0 Å². The molecule has 2 amide bonds. The van der Waals surface area contributed by atoms with Gasteiger partial charge in [0, 0.05) is 25.2 Å². The van der Waals surface area contributed by atoms with Gasteiger partial charge in [0.1, 0.15) is 4.88 Å². The van der Waals surface area contributed by atoms with Gasteiger partial charge in [0.05, 0.1) is 24.5 Å². The predicted octanol–water partition coefficient (Wildman–Crippen LogP) is -0.00368. The number of carbonyl (C=O) groups excluding carboxylic acids is 2. The number of nitrogens with zero attached hydrogens (tertiary/aromatic N) is 3. The number of hydrazine groups is 1. The van der Waals surface area contributed by atoms with Gasteiger partial charge < -0.3 is 14.8 Å². The summed E-state index contributed by atoms with van der Waals surface area (Å²) < 4.78 is 5.88. The Hall–Kier alpha value is -2.72. The van der Waals surface area contributed by atoms with Gasteiger partial charge in [0.2, 0.25) is 0 Å². The van der Waals surface area contributed by atoms with Gasteiger partial charge in [-0.05, 0) is 6.92 Å². The van der Waals surface area contributed by atoms with E-state index in [1.54, 1.807) is 6.92 Å². The molecule has 0 spiro atoms. The zero-order valence-electron chi connectivity index (χ0n) is 13.5. The lowest BCUT2D eigenvalue weighted by molar-refractivity contribution is -0.605. The van der Waals surface area contributed by atoms with Crippen molar-refractivity contribution >= 4 is 28.3 Å². The lowest BCUT2D eigenvalue weighted by atomic mass is 10.2. The first-order chi connectivity index (χ1) is 12.0. The van der Waals surface area contributed by atoms with Crippen LogP contribution in [0.15, 0.2) is 24.5 Å². The molecular formula is C15H17N5O4S. The van der Waals surface area contributed by atoms with E-state index in [2.05, 4.69) is 20.7 Å². The molecule has 1 saturated heterocycles. The Morgan fingerprint density at radius 1 is 1.24 bits per heavy atom. The van der Waals surface area contributed by atoms with Gasteiger partial charge in [-0.25, -0.2) is 4.98 Å². The zero-order chi connectivity index (χ0) is 17.8. The molecule has 0 unspecified atom stereocenters. The highest BCUT2D eigenvalue weighted by atomic mass is 32.1. The van der Waals surface area contributed by atoms with Crippen LogP contribution in [0.5, 0.6) is 0 Å². The van der Waals surface area contributed by atoms with Gasteiger partial charge in [-0.2, -0.15) is 4.73 Å². The number of hydrogen-bond donors (Lipinski definition) is 2. The molecule has 9 nitrogen and oxygen atoms in total. The Balaban J connectivity index is 1.62. The molecule has 1 aliphatic heterocycles. The largest absolute Gasteiger partial charge is 0.619 e. The van der Waals surface area contributed by atoms with Crippen molar-refractivity contribution in [1.29, 1.82) is 0 Å². The topological polar surface area (TPSA) is 110 Å². The van der Waals surface area contributed by atoms with E-state index >= 15 is 0 Å². The smallest absolute Gasteiger partial charge is 0.281 e. The molecule has 3 heterocycles. The van der Waals surface area contributed by atoms with Gasteiger partial charge in [-0.3, -0.25) is 20.4 Å². The number of thiazole rings is 1. The highest BCUT2D eigenvalue weighted by Gasteiger charge is 2.21. The summed E-state index contributed by atoms with van der Waals surface area (Å²) in [5.74, 6) is -0.942. The number of pyridine rings is 1. The number of hydrogen-bond acceptors (Lipinski definition) is 7. The molecule has 132 valence electrons. The lowest BCUT2D eigenvalue weighted by Crippen LogP contribution is -2.41. The Morgan fingerprint density at radius 2 is 1.88 bits per heavy atom. The van der Waals surface area contributed by atoms with Crippen molar-refractivity contribution < 1.29 is 19.1 Å². The van der Waals surface area contributed by atoms with Gasteiger partial charge in [0.25, 0.3) is 11.8 Å². The molecule has 2 N–H and O–H groups in total. The maximum absolute atomic E-state index is 12.3. The van der Waals surface area contributed by atoms with Crippen molar-refractivity contribution in [2.24, 2.45) is 0 Å². The third kappa shape index (κ3) is 4.03. The molecule has 0 aliphatic carbocycles. The number of anilines is 1. The number of rotatable bonds is 3. The van der Waals surface area contributed by atoms with E-state index in [1.165, 1.54) is 35.9 Å². The Labute approximate surface area is 147 Å². The molecular weight excluding hydrogens is 346 g/mol. The molecule has 0 saturated carbocycles. The first-order valence-electron chi connectivity index (χ1n) is 7.64. The van der Waals surface area contributed by atoms with Crippen LogP contribution in [0.4, 0.5) is 5.13 Å². The van der Waals surface area contributed by atoms with Crippen LogP contribution in [0.2, 0.25) is 0 Å². The summed E-state index contributed by atoms with van der Waals surface area (Å²) in [5, 5.41) is 11.7. The number of morpholine rings is 1. The van der Waals surface area contributed by atoms with Crippen LogP contribution in [-0.2, 0) is 4.74 Å². The summed E-state index contributed by atoms with van der Waals surface area (Å²) in [4.78, 5) is 31.2. The monoisotopic (exact) mass is 363 g/mol. The number of ether oxygens (including phenoxy) is 1. The predicted molar refractivity (Wildman–Crippen MR) is 90.2 cm³/mol. The molecule has 0 aromatic carbocycles. The maximum atomic E-state index is 12.3. The number of nitrogens with one attached hydrogen (secondary N) is 2. The van der Waals surface area contributed by atoms with Crippen LogP contribution in [0.3, 0.4) is 0 Å². The molecule has 0 atom stereocenters. The normalized spacial score (nSPS) is 14.2.